The van der Waals surface area contributed by atoms with E-state index in [9.17, 15) is 0 Å². The fourth-order valence-corrected chi connectivity index (χ4v) is 3.84. The minimum absolute atomic E-state index is 0.283. The van der Waals surface area contributed by atoms with Crippen molar-refractivity contribution in [1.82, 2.24) is 4.90 Å². The summed E-state index contributed by atoms with van der Waals surface area (Å²) in [6, 6.07) is 14.2. The predicted molar refractivity (Wildman–Crippen MR) is 99.4 cm³/mol. The van der Waals surface area contributed by atoms with E-state index in [-0.39, 0.29) is 6.79 Å². The number of nitrogens with zero attached hydrogens (tertiary/aromatic N) is 1. The molecule has 0 unspecified atom stereocenters. The number of rotatable bonds is 5. The first kappa shape index (κ1) is 17.0. The van der Waals surface area contributed by atoms with Crippen LogP contribution in [0.5, 0.6) is 23.0 Å². The number of piperidine rings is 1. The van der Waals surface area contributed by atoms with Crippen LogP contribution in [0.25, 0.3) is 0 Å². The quantitative estimate of drug-likeness (QED) is 0.820. The summed E-state index contributed by atoms with van der Waals surface area (Å²) in [4.78, 5) is 2.38. The Labute approximate surface area is 154 Å². The molecule has 0 amide bonds. The van der Waals surface area contributed by atoms with Crippen molar-refractivity contribution in [3.63, 3.8) is 0 Å². The summed E-state index contributed by atoms with van der Waals surface area (Å²) in [5, 5.41) is 0. The number of likely N-dealkylation sites (tertiary alicyclic amines) is 1. The van der Waals surface area contributed by atoms with Crippen LogP contribution in [0.2, 0.25) is 0 Å². The van der Waals surface area contributed by atoms with E-state index in [0.717, 1.165) is 42.5 Å². The predicted octanol–water partition coefficient (Wildman–Crippen LogP) is 3.54. The number of methoxy groups -OCH3 is 1. The van der Waals surface area contributed by atoms with Gasteiger partial charge in [0.15, 0.2) is 11.5 Å². The fourth-order valence-electron chi connectivity index (χ4n) is 3.84. The van der Waals surface area contributed by atoms with Crippen LogP contribution in [-0.2, 0) is 0 Å². The van der Waals surface area contributed by atoms with Crippen LogP contribution in [0, 0.1) is 5.92 Å². The molecule has 0 bridgehead atoms. The lowest BCUT2D eigenvalue weighted by Gasteiger charge is -2.37. The highest BCUT2D eigenvalue weighted by molar-refractivity contribution is 5.46. The Morgan fingerprint density at radius 1 is 1.04 bits per heavy atom. The van der Waals surface area contributed by atoms with E-state index in [2.05, 4.69) is 24.1 Å². The van der Waals surface area contributed by atoms with Crippen LogP contribution < -0.4 is 18.9 Å². The van der Waals surface area contributed by atoms with Crippen LogP contribution >= 0.6 is 0 Å². The van der Waals surface area contributed by atoms with Crippen LogP contribution in [0.1, 0.15) is 17.9 Å². The highest BCUT2D eigenvalue weighted by Gasteiger charge is 2.29. The first-order chi connectivity index (χ1) is 12.7. The molecule has 2 atom stereocenters. The summed E-state index contributed by atoms with van der Waals surface area (Å²) in [6.45, 7) is 3.10. The molecule has 4 rings (SSSR count). The molecule has 2 aliphatic heterocycles. The van der Waals surface area contributed by atoms with Gasteiger partial charge in [0, 0.05) is 18.5 Å². The smallest absolute Gasteiger partial charge is 0.231 e. The van der Waals surface area contributed by atoms with Crippen molar-refractivity contribution < 1.29 is 18.9 Å². The third-order valence-corrected chi connectivity index (χ3v) is 5.29. The molecule has 5 nitrogen and oxygen atoms in total. The SMILES string of the molecule is COc1ccc([C@H]2CCN(C)C[C@@H]2COc2ccc3c(c2)OCO3)cc1. The van der Waals surface area contributed by atoms with Crippen molar-refractivity contribution in [2.24, 2.45) is 5.92 Å². The minimum Gasteiger partial charge on any atom is -0.497 e. The Morgan fingerprint density at radius 3 is 2.62 bits per heavy atom. The monoisotopic (exact) mass is 355 g/mol. The molecule has 0 spiro atoms. The van der Waals surface area contributed by atoms with Crippen molar-refractivity contribution in [3.8, 4) is 23.0 Å². The number of fused-ring (bicyclic) bond motifs is 1. The fraction of sp³-hybridized carbons (Fsp3) is 0.429. The Bertz CT molecular complexity index is 746. The van der Waals surface area contributed by atoms with Gasteiger partial charge in [0.1, 0.15) is 11.5 Å². The van der Waals surface area contributed by atoms with E-state index in [1.807, 2.05) is 30.3 Å². The summed E-state index contributed by atoms with van der Waals surface area (Å²) >= 11 is 0. The molecule has 0 aromatic heterocycles. The van der Waals surface area contributed by atoms with Gasteiger partial charge in [-0.05, 0) is 55.8 Å². The number of hydrogen-bond donors (Lipinski definition) is 0. The van der Waals surface area contributed by atoms with E-state index in [1.165, 1.54) is 5.56 Å². The second kappa shape index (κ2) is 7.46. The molecular weight excluding hydrogens is 330 g/mol. The van der Waals surface area contributed by atoms with Crippen molar-refractivity contribution in [2.45, 2.75) is 12.3 Å². The van der Waals surface area contributed by atoms with Gasteiger partial charge in [0.05, 0.1) is 13.7 Å². The van der Waals surface area contributed by atoms with Gasteiger partial charge in [-0.3, -0.25) is 0 Å². The molecule has 0 saturated carbocycles. The Kier molecular flexibility index (Phi) is 4.89. The Morgan fingerprint density at radius 2 is 1.81 bits per heavy atom. The average Bonchev–Trinajstić information content (AvgIpc) is 3.14. The van der Waals surface area contributed by atoms with E-state index < -0.39 is 0 Å². The van der Waals surface area contributed by atoms with Crippen molar-refractivity contribution in [2.75, 3.05) is 40.6 Å². The van der Waals surface area contributed by atoms with Crippen LogP contribution in [0.4, 0.5) is 0 Å². The minimum atomic E-state index is 0.283. The molecule has 2 aromatic carbocycles. The van der Waals surface area contributed by atoms with E-state index in [0.29, 0.717) is 18.4 Å². The highest BCUT2D eigenvalue weighted by atomic mass is 16.7. The van der Waals surface area contributed by atoms with Crippen molar-refractivity contribution in [3.05, 3.63) is 48.0 Å². The summed E-state index contributed by atoms with van der Waals surface area (Å²) in [5.41, 5.74) is 1.36. The van der Waals surface area contributed by atoms with E-state index >= 15 is 0 Å². The molecule has 1 fully saturated rings. The summed E-state index contributed by atoms with van der Waals surface area (Å²) in [5.74, 6) is 4.20. The molecule has 2 aliphatic rings. The Balaban J connectivity index is 1.46. The van der Waals surface area contributed by atoms with Crippen molar-refractivity contribution >= 4 is 0 Å². The van der Waals surface area contributed by atoms with Gasteiger partial charge in [-0.15, -0.1) is 0 Å². The molecule has 26 heavy (non-hydrogen) atoms. The maximum Gasteiger partial charge on any atom is 0.231 e. The highest BCUT2D eigenvalue weighted by Crippen LogP contribution is 2.37. The van der Waals surface area contributed by atoms with E-state index in [1.54, 1.807) is 7.11 Å². The zero-order chi connectivity index (χ0) is 17.9. The second-order valence-corrected chi connectivity index (χ2v) is 7.02. The van der Waals surface area contributed by atoms with Crippen LogP contribution in [0.15, 0.2) is 42.5 Å². The van der Waals surface area contributed by atoms with Crippen LogP contribution in [-0.4, -0.2) is 45.5 Å². The number of hydrogen-bond acceptors (Lipinski definition) is 5. The van der Waals surface area contributed by atoms with Gasteiger partial charge in [-0.2, -0.15) is 0 Å². The molecule has 0 aliphatic carbocycles. The molecule has 5 heteroatoms. The van der Waals surface area contributed by atoms with Crippen molar-refractivity contribution in [1.29, 1.82) is 0 Å². The molecule has 0 N–H and O–H groups in total. The van der Waals surface area contributed by atoms with E-state index in [4.69, 9.17) is 18.9 Å². The second-order valence-electron chi connectivity index (χ2n) is 7.02. The number of benzene rings is 2. The average molecular weight is 355 g/mol. The molecular formula is C21H25NO4. The third-order valence-electron chi connectivity index (χ3n) is 5.29. The standard InChI is InChI=1S/C21H25NO4/c1-22-10-9-19(15-3-5-17(23-2)6-4-15)16(12-22)13-24-18-7-8-20-21(11-18)26-14-25-20/h3-8,11,16,19H,9-10,12-14H2,1-2H3/t16-,19-/m1/s1. The first-order valence-electron chi connectivity index (χ1n) is 9.08. The van der Waals surface area contributed by atoms with Crippen LogP contribution in [0.3, 0.4) is 0 Å². The summed E-state index contributed by atoms with van der Waals surface area (Å²) < 4.78 is 22.2. The third kappa shape index (κ3) is 3.58. The topological polar surface area (TPSA) is 40.2 Å². The lowest BCUT2D eigenvalue weighted by molar-refractivity contribution is 0.129. The lowest BCUT2D eigenvalue weighted by Crippen LogP contribution is -2.39. The lowest BCUT2D eigenvalue weighted by atomic mass is 9.81. The van der Waals surface area contributed by atoms with Gasteiger partial charge >= 0.3 is 0 Å². The molecule has 0 radical (unpaired) electrons. The molecule has 1 saturated heterocycles. The molecule has 138 valence electrons. The first-order valence-corrected chi connectivity index (χ1v) is 9.08. The van der Waals surface area contributed by atoms with Gasteiger partial charge in [0.2, 0.25) is 6.79 Å². The van der Waals surface area contributed by atoms with Gasteiger partial charge < -0.3 is 23.8 Å². The normalized spacial score (nSPS) is 22.2. The maximum atomic E-state index is 6.13. The summed E-state index contributed by atoms with van der Waals surface area (Å²) in [6.07, 6.45) is 1.14. The maximum absolute atomic E-state index is 6.13. The van der Waals surface area contributed by atoms with Gasteiger partial charge in [-0.25, -0.2) is 0 Å². The molecule has 2 aromatic rings. The zero-order valence-corrected chi connectivity index (χ0v) is 15.3. The summed E-state index contributed by atoms with van der Waals surface area (Å²) in [7, 11) is 3.88. The largest absolute Gasteiger partial charge is 0.497 e. The van der Waals surface area contributed by atoms with Gasteiger partial charge in [-0.1, -0.05) is 12.1 Å². The van der Waals surface area contributed by atoms with Gasteiger partial charge in [0.25, 0.3) is 0 Å². The Hall–Kier alpha value is -2.40. The number of ether oxygens (including phenoxy) is 4. The molecule has 2 heterocycles. The zero-order valence-electron chi connectivity index (χ0n) is 15.3.